The lowest BCUT2D eigenvalue weighted by atomic mass is 10.1. The van der Waals surface area contributed by atoms with Crippen molar-refractivity contribution in [2.45, 2.75) is 19.8 Å². The predicted molar refractivity (Wildman–Crippen MR) is 59.3 cm³/mol. The first-order valence-corrected chi connectivity index (χ1v) is 4.95. The molecule has 0 bridgehead atoms. The molecule has 0 radical (unpaired) electrons. The summed E-state index contributed by atoms with van der Waals surface area (Å²) in [6, 6.07) is 7.90. The number of rotatable bonds is 2. The van der Waals surface area contributed by atoms with Gasteiger partial charge in [0.25, 0.3) is 0 Å². The summed E-state index contributed by atoms with van der Waals surface area (Å²) < 4.78 is 4.44. The SMILES string of the molecule is CCCc1cccc(C#CC(=O)OC)c1. The number of benzene rings is 1. The van der Waals surface area contributed by atoms with E-state index in [2.05, 4.69) is 29.6 Å². The van der Waals surface area contributed by atoms with Crippen LogP contribution in [0, 0.1) is 11.8 Å². The molecule has 15 heavy (non-hydrogen) atoms. The first-order chi connectivity index (χ1) is 7.26. The lowest BCUT2D eigenvalue weighted by Crippen LogP contribution is -1.94. The van der Waals surface area contributed by atoms with Crippen LogP contribution in [0.3, 0.4) is 0 Å². The molecule has 0 unspecified atom stereocenters. The highest BCUT2D eigenvalue weighted by Crippen LogP contribution is 2.06. The molecule has 0 spiro atoms. The lowest BCUT2D eigenvalue weighted by molar-refractivity contribution is -0.133. The Kier molecular flexibility index (Phi) is 4.43. The molecule has 0 amide bonds. The van der Waals surface area contributed by atoms with E-state index < -0.39 is 5.97 Å². The van der Waals surface area contributed by atoms with Crippen molar-refractivity contribution in [2.24, 2.45) is 0 Å². The monoisotopic (exact) mass is 202 g/mol. The van der Waals surface area contributed by atoms with Gasteiger partial charge in [-0.25, -0.2) is 4.79 Å². The van der Waals surface area contributed by atoms with Crippen molar-refractivity contribution in [1.82, 2.24) is 0 Å². The minimum absolute atomic E-state index is 0.504. The first kappa shape index (κ1) is 11.3. The Bertz CT molecular complexity index is 396. The van der Waals surface area contributed by atoms with Gasteiger partial charge in [0.2, 0.25) is 0 Å². The molecule has 0 aliphatic heterocycles. The zero-order valence-electron chi connectivity index (χ0n) is 9.04. The standard InChI is InChI=1S/C13H14O2/c1-3-5-11-6-4-7-12(10-11)8-9-13(14)15-2/h4,6-7,10H,3,5H2,1-2H3. The smallest absolute Gasteiger partial charge is 0.384 e. The van der Waals surface area contributed by atoms with Gasteiger partial charge in [-0.2, -0.15) is 0 Å². The van der Waals surface area contributed by atoms with E-state index in [1.165, 1.54) is 12.7 Å². The topological polar surface area (TPSA) is 26.3 Å². The van der Waals surface area contributed by atoms with Crippen LogP contribution in [0.5, 0.6) is 0 Å². The number of hydrogen-bond donors (Lipinski definition) is 0. The summed E-state index contributed by atoms with van der Waals surface area (Å²) in [7, 11) is 1.32. The molecule has 1 aromatic carbocycles. The molecule has 0 N–H and O–H groups in total. The number of aryl methyl sites for hydroxylation is 1. The number of hydrogen-bond acceptors (Lipinski definition) is 2. The van der Waals surface area contributed by atoms with Crippen molar-refractivity contribution in [3.05, 3.63) is 35.4 Å². The molecule has 1 aromatic rings. The maximum Gasteiger partial charge on any atom is 0.384 e. The van der Waals surface area contributed by atoms with Gasteiger partial charge in [-0.3, -0.25) is 0 Å². The molecule has 0 aliphatic rings. The summed E-state index contributed by atoms with van der Waals surface area (Å²) in [6.45, 7) is 2.13. The summed E-state index contributed by atoms with van der Waals surface area (Å²) in [5.41, 5.74) is 2.10. The van der Waals surface area contributed by atoms with Gasteiger partial charge in [-0.15, -0.1) is 0 Å². The lowest BCUT2D eigenvalue weighted by Gasteiger charge is -1.98. The molecule has 2 nitrogen and oxygen atoms in total. The van der Waals surface area contributed by atoms with Crippen LogP contribution in [0.1, 0.15) is 24.5 Å². The van der Waals surface area contributed by atoms with Crippen LogP contribution in [0.15, 0.2) is 24.3 Å². The molecular weight excluding hydrogens is 188 g/mol. The van der Waals surface area contributed by atoms with Crippen molar-refractivity contribution in [2.75, 3.05) is 7.11 Å². The van der Waals surface area contributed by atoms with Gasteiger partial charge in [0.05, 0.1) is 7.11 Å². The summed E-state index contributed by atoms with van der Waals surface area (Å²) in [4.78, 5) is 10.8. The van der Waals surface area contributed by atoms with Gasteiger partial charge >= 0.3 is 5.97 Å². The minimum Gasteiger partial charge on any atom is -0.459 e. The molecule has 0 aromatic heterocycles. The second-order valence-corrected chi connectivity index (χ2v) is 3.19. The van der Waals surface area contributed by atoms with Crippen molar-refractivity contribution < 1.29 is 9.53 Å². The average Bonchev–Trinajstić information content (AvgIpc) is 2.27. The van der Waals surface area contributed by atoms with Crippen molar-refractivity contribution >= 4 is 5.97 Å². The van der Waals surface area contributed by atoms with Crippen molar-refractivity contribution in [3.8, 4) is 11.8 Å². The number of carbonyl (C=O) groups is 1. The number of methoxy groups -OCH3 is 1. The van der Waals surface area contributed by atoms with E-state index in [1.807, 2.05) is 18.2 Å². The third kappa shape index (κ3) is 3.86. The predicted octanol–water partition coefficient (Wildman–Crippen LogP) is 2.16. The normalized spacial score (nSPS) is 8.93. The Hall–Kier alpha value is -1.75. The van der Waals surface area contributed by atoms with Gasteiger partial charge in [-0.05, 0) is 24.1 Å². The fourth-order valence-electron chi connectivity index (χ4n) is 1.27. The summed E-state index contributed by atoms with van der Waals surface area (Å²) >= 11 is 0. The highest BCUT2D eigenvalue weighted by atomic mass is 16.5. The molecule has 2 heteroatoms. The third-order valence-electron chi connectivity index (χ3n) is 1.96. The Morgan fingerprint density at radius 1 is 1.47 bits per heavy atom. The molecule has 0 atom stereocenters. The second-order valence-electron chi connectivity index (χ2n) is 3.19. The Labute approximate surface area is 90.3 Å². The quantitative estimate of drug-likeness (QED) is 0.542. The van der Waals surface area contributed by atoms with Gasteiger partial charge in [-0.1, -0.05) is 31.4 Å². The van der Waals surface area contributed by atoms with Gasteiger partial charge in [0.15, 0.2) is 0 Å². The van der Waals surface area contributed by atoms with Crippen LogP contribution in [-0.2, 0) is 16.0 Å². The van der Waals surface area contributed by atoms with Crippen molar-refractivity contribution in [3.63, 3.8) is 0 Å². The van der Waals surface area contributed by atoms with Crippen LogP contribution >= 0.6 is 0 Å². The van der Waals surface area contributed by atoms with Crippen LogP contribution < -0.4 is 0 Å². The average molecular weight is 202 g/mol. The van der Waals surface area contributed by atoms with E-state index in [0.717, 1.165) is 18.4 Å². The fraction of sp³-hybridized carbons (Fsp3) is 0.308. The minimum atomic E-state index is -0.504. The van der Waals surface area contributed by atoms with E-state index in [9.17, 15) is 4.79 Å². The number of esters is 1. The fourth-order valence-corrected chi connectivity index (χ4v) is 1.27. The highest BCUT2D eigenvalue weighted by Gasteiger charge is 1.93. The van der Waals surface area contributed by atoms with Gasteiger partial charge in [0.1, 0.15) is 0 Å². The van der Waals surface area contributed by atoms with Crippen LogP contribution in [0.4, 0.5) is 0 Å². The van der Waals surface area contributed by atoms with Gasteiger partial charge < -0.3 is 4.74 Å². The van der Waals surface area contributed by atoms with Crippen LogP contribution in [0.2, 0.25) is 0 Å². The maximum atomic E-state index is 10.8. The molecule has 0 aliphatic carbocycles. The summed E-state index contributed by atoms with van der Waals surface area (Å²) in [5.74, 6) is 4.67. The van der Waals surface area contributed by atoms with E-state index in [1.54, 1.807) is 0 Å². The molecule has 78 valence electrons. The second kappa shape index (κ2) is 5.87. The van der Waals surface area contributed by atoms with E-state index in [0.29, 0.717) is 0 Å². The Morgan fingerprint density at radius 3 is 2.93 bits per heavy atom. The van der Waals surface area contributed by atoms with Crippen molar-refractivity contribution in [1.29, 1.82) is 0 Å². The molecule has 0 saturated carbocycles. The number of ether oxygens (including phenoxy) is 1. The van der Waals surface area contributed by atoms with Crippen LogP contribution in [-0.4, -0.2) is 13.1 Å². The largest absolute Gasteiger partial charge is 0.459 e. The Balaban J connectivity index is 2.80. The zero-order chi connectivity index (χ0) is 11.1. The third-order valence-corrected chi connectivity index (χ3v) is 1.96. The summed E-state index contributed by atoms with van der Waals surface area (Å²) in [5, 5.41) is 0. The Morgan fingerprint density at radius 2 is 2.27 bits per heavy atom. The van der Waals surface area contributed by atoms with Crippen LogP contribution in [0.25, 0.3) is 0 Å². The molecule has 0 fully saturated rings. The first-order valence-electron chi connectivity index (χ1n) is 4.95. The molecule has 0 saturated heterocycles. The van der Waals surface area contributed by atoms with E-state index in [-0.39, 0.29) is 0 Å². The summed E-state index contributed by atoms with van der Waals surface area (Å²) in [6.07, 6.45) is 2.14. The molecule has 0 heterocycles. The molecular formula is C13H14O2. The van der Waals surface area contributed by atoms with E-state index >= 15 is 0 Å². The number of carbonyl (C=O) groups excluding carboxylic acids is 1. The maximum absolute atomic E-state index is 10.8. The highest BCUT2D eigenvalue weighted by molar-refractivity contribution is 5.88. The zero-order valence-corrected chi connectivity index (χ0v) is 9.04. The molecule has 1 rings (SSSR count). The van der Waals surface area contributed by atoms with Gasteiger partial charge in [0, 0.05) is 11.5 Å². The van der Waals surface area contributed by atoms with E-state index in [4.69, 9.17) is 0 Å².